The number of H-pyrrole nitrogens is 1. The van der Waals surface area contributed by atoms with E-state index in [-0.39, 0.29) is 29.1 Å². The lowest BCUT2D eigenvalue weighted by Crippen LogP contribution is -2.17. The first-order chi connectivity index (χ1) is 9.52. The van der Waals surface area contributed by atoms with Gasteiger partial charge in [0.05, 0.1) is 4.11 Å². The summed E-state index contributed by atoms with van der Waals surface area (Å²) < 4.78 is 24.2. The maximum absolute atomic E-state index is 12.4. The molecule has 0 fully saturated rings. The summed E-state index contributed by atoms with van der Waals surface area (Å²) in [5.41, 5.74) is 0.0373. The van der Waals surface area contributed by atoms with Crippen LogP contribution in [0.1, 0.15) is 9.68 Å². The van der Waals surface area contributed by atoms with Crippen LogP contribution in [0, 0.1) is 6.92 Å². The lowest BCUT2D eigenvalue weighted by molar-refractivity contribution is 0.881. The molecular weight excluding hydrogens is 220 g/mol. The van der Waals surface area contributed by atoms with Crippen molar-refractivity contribution in [3.63, 3.8) is 0 Å². The summed E-state index contributed by atoms with van der Waals surface area (Å²) in [6.45, 7) is 1.58. The second-order valence-electron chi connectivity index (χ2n) is 3.36. The smallest absolute Gasteiger partial charge is 0.268 e. The molecule has 3 aromatic rings. The highest BCUT2D eigenvalue weighted by atomic mass is 16.1. The van der Waals surface area contributed by atoms with Gasteiger partial charge in [0.2, 0.25) is 5.82 Å². The second-order valence-corrected chi connectivity index (χ2v) is 3.36. The molecule has 3 aromatic heterocycles. The number of hydrogen-bond acceptors (Lipinski definition) is 5. The van der Waals surface area contributed by atoms with E-state index in [0.29, 0.717) is 5.56 Å². The van der Waals surface area contributed by atoms with Gasteiger partial charge in [0.25, 0.3) is 5.56 Å². The number of aryl methyl sites for hydroxylation is 1. The van der Waals surface area contributed by atoms with Crippen LogP contribution in [0.2, 0.25) is 0 Å². The predicted octanol–water partition coefficient (Wildman–Crippen LogP) is 0.183. The van der Waals surface area contributed by atoms with Crippen LogP contribution in [0.15, 0.2) is 29.2 Å². The zero-order chi connectivity index (χ0) is 14.4. The third-order valence-corrected chi connectivity index (χ3v) is 2.30. The first-order valence-electron chi connectivity index (χ1n) is 6.24. The van der Waals surface area contributed by atoms with Gasteiger partial charge in [-0.3, -0.25) is 9.20 Å². The van der Waals surface area contributed by atoms with Crippen LogP contribution in [0.5, 0.6) is 0 Å². The second kappa shape index (κ2) is 3.48. The highest BCUT2D eigenvalue weighted by Crippen LogP contribution is 2.09. The number of nitrogens with one attached hydrogen (secondary N) is 1. The summed E-state index contributed by atoms with van der Waals surface area (Å²) >= 11 is 0. The number of fused-ring (bicyclic) bond motifs is 1. The average Bonchev–Trinajstić information content (AvgIpc) is 2.96. The van der Waals surface area contributed by atoms with Gasteiger partial charge in [-0.05, 0) is 23.7 Å². The fourth-order valence-electron chi connectivity index (χ4n) is 1.49. The van der Waals surface area contributed by atoms with E-state index in [4.69, 9.17) is 4.11 Å². The van der Waals surface area contributed by atoms with Crippen LogP contribution in [0.4, 0.5) is 0 Å². The third-order valence-electron chi connectivity index (χ3n) is 2.30. The summed E-state index contributed by atoms with van der Waals surface area (Å²) in [5, 5.41) is 13.0. The fraction of sp³-hybridized carbons (Fsp3) is 0.100. The van der Waals surface area contributed by atoms with Crippen molar-refractivity contribution >= 4 is 5.65 Å². The molecule has 0 spiro atoms. The normalized spacial score (nSPS) is 13.4. The van der Waals surface area contributed by atoms with Gasteiger partial charge in [-0.15, -0.1) is 10.2 Å². The van der Waals surface area contributed by atoms with Crippen molar-refractivity contribution in [2.75, 3.05) is 0 Å². The number of tetrazole rings is 1. The molecule has 84 valence electrons. The van der Waals surface area contributed by atoms with Gasteiger partial charge in [0, 0.05) is 12.4 Å². The molecule has 0 bridgehead atoms. The van der Waals surface area contributed by atoms with E-state index >= 15 is 0 Å². The van der Waals surface area contributed by atoms with E-state index in [2.05, 4.69) is 25.6 Å². The molecule has 3 rings (SSSR count). The van der Waals surface area contributed by atoms with Gasteiger partial charge in [-0.25, -0.2) is 4.98 Å². The van der Waals surface area contributed by atoms with E-state index < -0.39 is 11.7 Å². The first kappa shape index (κ1) is 6.89. The van der Waals surface area contributed by atoms with Crippen LogP contribution in [0.25, 0.3) is 17.0 Å². The van der Waals surface area contributed by atoms with Gasteiger partial charge in [0.15, 0.2) is 0 Å². The molecule has 0 aliphatic carbocycles. The zero-order valence-corrected chi connectivity index (χ0v) is 8.72. The molecule has 0 saturated heterocycles. The molecule has 0 atom stereocenters. The van der Waals surface area contributed by atoms with E-state index in [0.717, 1.165) is 4.40 Å². The Morgan fingerprint density at radius 3 is 3.18 bits per heavy atom. The Balaban J connectivity index is 2.48. The molecule has 0 aliphatic rings. The number of aromatic nitrogens is 6. The largest absolute Gasteiger partial charge is 0.269 e. The van der Waals surface area contributed by atoms with Crippen LogP contribution < -0.4 is 5.56 Å². The van der Waals surface area contributed by atoms with Gasteiger partial charge >= 0.3 is 0 Å². The summed E-state index contributed by atoms with van der Waals surface area (Å²) in [5.74, 6) is 0.0652. The van der Waals surface area contributed by atoms with Crippen molar-refractivity contribution in [2.45, 2.75) is 6.92 Å². The molecule has 0 amide bonds. The van der Waals surface area contributed by atoms with Gasteiger partial charge in [-0.2, -0.15) is 5.21 Å². The molecule has 0 aromatic carbocycles. The third kappa shape index (κ3) is 1.40. The quantitative estimate of drug-likeness (QED) is 0.645. The molecule has 0 unspecified atom stereocenters. The Bertz CT molecular complexity index is 873. The Kier molecular flexibility index (Phi) is 1.41. The zero-order valence-electron chi connectivity index (χ0n) is 11.7. The molecule has 0 saturated carbocycles. The van der Waals surface area contributed by atoms with Crippen molar-refractivity contribution in [1.29, 1.82) is 0 Å². The van der Waals surface area contributed by atoms with Crippen LogP contribution in [-0.4, -0.2) is 30.0 Å². The van der Waals surface area contributed by atoms with E-state index in [9.17, 15) is 4.79 Å². The minimum Gasteiger partial charge on any atom is -0.268 e. The monoisotopic (exact) mass is 231 g/mol. The molecule has 1 N–H and O–H groups in total. The highest BCUT2D eigenvalue weighted by Gasteiger charge is 2.11. The van der Waals surface area contributed by atoms with Crippen molar-refractivity contribution in [3.05, 3.63) is 40.4 Å². The highest BCUT2D eigenvalue weighted by molar-refractivity contribution is 5.55. The number of pyridine rings is 1. The fourth-order valence-corrected chi connectivity index (χ4v) is 1.49. The molecule has 0 radical (unpaired) electrons. The maximum atomic E-state index is 12.4. The number of rotatable bonds is 1. The Hall–Kier alpha value is -2.57. The standard InChI is InChI=1S/C10H8N6O/c1-6-3-2-4-16-9(6)11-5-7(10(16)17)8-12-14-15-13-8/h2-5H,1H3,(H,12,13,14,15)/i2D,3D,4D. The molecule has 3 heterocycles. The average molecular weight is 231 g/mol. The minimum atomic E-state index is -0.571. The lowest BCUT2D eigenvalue weighted by atomic mass is 10.2. The number of aromatic amines is 1. The van der Waals surface area contributed by atoms with Crippen molar-refractivity contribution in [2.24, 2.45) is 0 Å². The Labute approximate surface area is 99.4 Å². The number of nitrogens with zero attached hydrogens (tertiary/aromatic N) is 5. The summed E-state index contributed by atoms with van der Waals surface area (Å²) in [6, 6.07) is -0.446. The Morgan fingerprint density at radius 2 is 2.41 bits per heavy atom. The molecule has 7 nitrogen and oxygen atoms in total. The van der Waals surface area contributed by atoms with Gasteiger partial charge in [-0.1, -0.05) is 6.04 Å². The van der Waals surface area contributed by atoms with Crippen LogP contribution in [0.3, 0.4) is 0 Å². The van der Waals surface area contributed by atoms with E-state index in [1.807, 2.05) is 0 Å². The number of hydrogen-bond donors (Lipinski definition) is 1. The van der Waals surface area contributed by atoms with Crippen LogP contribution >= 0.6 is 0 Å². The lowest BCUT2D eigenvalue weighted by Gasteiger charge is -2.03. The van der Waals surface area contributed by atoms with Crippen molar-refractivity contribution < 1.29 is 4.11 Å². The maximum Gasteiger partial charge on any atom is 0.269 e. The molecule has 17 heavy (non-hydrogen) atoms. The molecule has 0 aliphatic heterocycles. The van der Waals surface area contributed by atoms with Gasteiger partial charge < -0.3 is 0 Å². The first-order valence-corrected chi connectivity index (χ1v) is 4.74. The minimum absolute atomic E-state index is 0.0652. The SMILES string of the molecule is [2H]c1c([2H])c([2H])n2c(=O)c(-c3nn[nH]n3)cnc2c1C. The van der Waals surface area contributed by atoms with Crippen LogP contribution in [-0.2, 0) is 0 Å². The summed E-state index contributed by atoms with van der Waals surface area (Å²) in [7, 11) is 0. The molecule has 7 heteroatoms. The van der Waals surface area contributed by atoms with Gasteiger partial charge in [0.1, 0.15) is 11.2 Å². The Morgan fingerprint density at radius 1 is 1.53 bits per heavy atom. The summed E-state index contributed by atoms with van der Waals surface area (Å²) in [4.78, 5) is 16.5. The van der Waals surface area contributed by atoms with Crippen molar-refractivity contribution in [3.8, 4) is 11.4 Å². The van der Waals surface area contributed by atoms with Crippen molar-refractivity contribution in [1.82, 2.24) is 30.0 Å². The predicted molar refractivity (Wildman–Crippen MR) is 59.4 cm³/mol. The topological polar surface area (TPSA) is 88.8 Å². The molecular formula is C10H8N6O. The van der Waals surface area contributed by atoms with E-state index in [1.54, 1.807) is 6.92 Å². The summed E-state index contributed by atoms with van der Waals surface area (Å²) in [6.07, 6.45) is 0.885. The van der Waals surface area contributed by atoms with E-state index in [1.165, 1.54) is 6.20 Å².